The van der Waals surface area contributed by atoms with Gasteiger partial charge in [-0.1, -0.05) is 55.3 Å². The van der Waals surface area contributed by atoms with E-state index < -0.39 is 5.97 Å². The Morgan fingerprint density at radius 2 is 1.79 bits per heavy atom. The zero-order valence-corrected chi connectivity index (χ0v) is 19.0. The van der Waals surface area contributed by atoms with Crippen molar-refractivity contribution in [1.29, 1.82) is 0 Å². The molecule has 3 aromatic rings. The number of carbonyl (C=O) groups is 2. The van der Waals surface area contributed by atoms with Crippen molar-refractivity contribution in [3.63, 3.8) is 0 Å². The molecular weight excluding hydrogens is 412 g/mol. The highest BCUT2D eigenvalue weighted by molar-refractivity contribution is 5.97. The highest BCUT2D eigenvalue weighted by atomic mass is 16.4. The monoisotopic (exact) mass is 442 g/mol. The molecule has 0 saturated heterocycles. The van der Waals surface area contributed by atoms with E-state index in [1.54, 1.807) is 6.20 Å². The van der Waals surface area contributed by atoms with Crippen LogP contribution in [0.5, 0.6) is 0 Å². The van der Waals surface area contributed by atoms with E-state index in [0.717, 1.165) is 59.3 Å². The molecule has 1 fully saturated rings. The quantitative estimate of drug-likeness (QED) is 0.449. The number of carboxylic acids is 1. The summed E-state index contributed by atoms with van der Waals surface area (Å²) in [4.78, 5) is 29.0. The SMILES string of the molecule is Cc1c(CCC(=O)O)cccc1NC(=O)C(c1ccc(-c2ccccn2)cc1)C1CCCC1. The van der Waals surface area contributed by atoms with Crippen LogP contribution in [0.25, 0.3) is 11.3 Å². The first kappa shape index (κ1) is 22.7. The molecule has 1 amide bonds. The maximum atomic E-state index is 13.6. The summed E-state index contributed by atoms with van der Waals surface area (Å²) in [6.07, 6.45) is 6.73. The number of amides is 1. The average molecular weight is 443 g/mol. The summed E-state index contributed by atoms with van der Waals surface area (Å²) in [5, 5.41) is 12.2. The summed E-state index contributed by atoms with van der Waals surface area (Å²) < 4.78 is 0. The normalized spacial score (nSPS) is 14.7. The molecule has 33 heavy (non-hydrogen) atoms. The molecule has 1 aromatic heterocycles. The highest BCUT2D eigenvalue weighted by Crippen LogP contribution is 2.39. The molecule has 1 unspecified atom stereocenters. The fraction of sp³-hybridized carbons (Fsp3) is 0.321. The summed E-state index contributed by atoms with van der Waals surface area (Å²) in [6.45, 7) is 1.94. The molecule has 170 valence electrons. The number of aromatic nitrogens is 1. The lowest BCUT2D eigenvalue weighted by atomic mass is 9.83. The van der Waals surface area contributed by atoms with Crippen molar-refractivity contribution in [1.82, 2.24) is 4.98 Å². The van der Waals surface area contributed by atoms with Crippen LogP contribution in [0.4, 0.5) is 5.69 Å². The maximum Gasteiger partial charge on any atom is 0.303 e. The predicted octanol–water partition coefficient (Wildman–Crippen LogP) is 5.99. The van der Waals surface area contributed by atoms with Gasteiger partial charge in [-0.2, -0.15) is 0 Å². The smallest absolute Gasteiger partial charge is 0.303 e. The van der Waals surface area contributed by atoms with E-state index in [0.29, 0.717) is 12.3 Å². The van der Waals surface area contributed by atoms with Crippen LogP contribution >= 0.6 is 0 Å². The minimum absolute atomic E-state index is 0.00553. The molecule has 0 radical (unpaired) electrons. The van der Waals surface area contributed by atoms with Gasteiger partial charge in [0.1, 0.15) is 0 Å². The zero-order valence-electron chi connectivity index (χ0n) is 19.0. The number of nitrogens with one attached hydrogen (secondary N) is 1. The molecule has 1 atom stereocenters. The van der Waals surface area contributed by atoms with Crippen molar-refractivity contribution < 1.29 is 14.7 Å². The lowest BCUT2D eigenvalue weighted by Gasteiger charge is -2.24. The first-order valence-electron chi connectivity index (χ1n) is 11.7. The van der Waals surface area contributed by atoms with Crippen molar-refractivity contribution in [3.05, 3.63) is 83.6 Å². The summed E-state index contributed by atoms with van der Waals surface area (Å²) >= 11 is 0. The van der Waals surface area contributed by atoms with Crippen LogP contribution in [0.3, 0.4) is 0 Å². The van der Waals surface area contributed by atoms with E-state index in [4.69, 9.17) is 5.11 Å². The van der Waals surface area contributed by atoms with Gasteiger partial charge in [0.2, 0.25) is 5.91 Å². The van der Waals surface area contributed by atoms with E-state index in [2.05, 4.69) is 22.4 Å². The zero-order chi connectivity index (χ0) is 23.2. The second-order valence-electron chi connectivity index (χ2n) is 8.83. The third-order valence-corrected chi connectivity index (χ3v) is 6.70. The molecule has 1 aliphatic carbocycles. The molecule has 2 N–H and O–H groups in total. The number of aryl methyl sites for hydroxylation is 1. The topological polar surface area (TPSA) is 79.3 Å². The van der Waals surface area contributed by atoms with Gasteiger partial charge in [-0.25, -0.2) is 0 Å². The molecule has 0 bridgehead atoms. The summed E-state index contributed by atoms with van der Waals surface area (Å²) in [7, 11) is 0. The summed E-state index contributed by atoms with van der Waals surface area (Å²) in [6, 6.07) is 19.8. The third kappa shape index (κ3) is 5.48. The van der Waals surface area contributed by atoms with Gasteiger partial charge in [-0.05, 0) is 67.0 Å². The van der Waals surface area contributed by atoms with E-state index in [1.165, 1.54) is 0 Å². The Bertz CT molecular complexity index is 1100. The van der Waals surface area contributed by atoms with Crippen LogP contribution in [-0.4, -0.2) is 22.0 Å². The Labute approximate surface area is 194 Å². The van der Waals surface area contributed by atoms with Crippen LogP contribution in [0.1, 0.15) is 54.7 Å². The Kier molecular flexibility index (Phi) is 7.18. The first-order valence-corrected chi connectivity index (χ1v) is 11.7. The second-order valence-corrected chi connectivity index (χ2v) is 8.83. The number of hydrogen-bond donors (Lipinski definition) is 2. The number of benzene rings is 2. The van der Waals surface area contributed by atoms with Crippen molar-refractivity contribution >= 4 is 17.6 Å². The molecule has 0 aliphatic heterocycles. The van der Waals surface area contributed by atoms with Gasteiger partial charge in [0.25, 0.3) is 0 Å². The van der Waals surface area contributed by atoms with Crippen molar-refractivity contribution in [3.8, 4) is 11.3 Å². The third-order valence-electron chi connectivity index (χ3n) is 6.70. The minimum atomic E-state index is -0.820. The van der Waals surface area contributed by atoms with Crippen LogP contribution in [0, 0.1) is 12.8 Å². The Balaban J connectivity index is 1.57. The van der Waals surface area contributed by atoms with Crippen molar-refractivity contribution in [2.24, 2.45) is 5.92 Å². The molecule has 2 aromatic carbocycles. The van der Waals surface area contributed by atoms with Crippen LogP contribution < -0.4 is 5.32 Å². The number of aliphatic carboxylic acids is 1. The predicted molar refractivity (Wildman–Crippen MR) is 130 cm³/mol. The Hall–Kier alpha value is -3.47. The molecule has 5 nitrogen and oxygen atoms in total. The van der Waals surface area contributed by atoms with Gasteiger partial charge in [0, 0.05) is 23.9 Å². The lowest BCUT2D eigenvalue weighted by molar-refractivity contribution is -0.137. The van der Waals surface area contributed by atoms with Gasteiger partial charge >= 0.3 is 5.97 Å². The van der Waals surface area contributed by atoms with Gasteiger partial charge in [0.15, 0.2) is 0 Å². The average Bonchev–Trinajstić information content (AvgIpc) is 3.35. The second kappa shape index (κ2) is 10.4. The molecule has 5 heteroatoms. The van der Waals surface area contributed by atoms with Crippen LogP contribution in [0.15, 0.2) is 66.9 Å². The standard InChI is InChI=1S/C28H30N2O3/c1-19-20(16-17-26(31)32)9-6-11-24(19)30-28(33)27(22-7-2-3-8-22)23-14-12-21(13-15-23)25-10-4-5-18-29-25/h4-6,9-15,18,22,27H,2-3,7-8,16-17H2,1H3,(H,30,33)(H,31,32). The summed E-state index contributed by atoms with van der Waals surface area (Å²) in [5.74, 6) is -0.709. The van der Waals surface area contributed by atoms with Crippen molar-refractivity contribution in [2.75, 3.05) is 5.32 Å². The number of hydrogen-bond acceptors (Lipinski definition) is 3. The summed E-state index contributed by atoms with van der Waals surface area (Å²) in [5.41, 5.74) is 5.62. The first-order chi connectivity index (χ1) is 16.0. The van der Waals surface area contributed by atoms with Crippen LogP contribution in [-0.2, 0) is 16.0 Å². The highest BCUT2D eigenvalue weighted by Gasteiger charge is 2.32. The molecular formula is C28H30N2O3. The van der Waals surface area contributed by atoms with Gasteiger partial charge < -0.3 is 10.4 Å². The van der Waals surface area contributed by atoms with Crippen LogP contribution in [0.2, 0.25) is 0 Å². The Morgan fingerprint density at radius 3 is 2.45 bits per heavy atom. The molecule has 1 heterocycles. The van der Waals surface area contributed by atoms with Gasteiger partial charge in [-0.3, -0.25) is 14.6 Å². The van der Waals surface area contributed by atoms with E-state index in [1.807, 2.05) is 55.5 Å². The number of rotatable bonds is 8. The Morgan fingerprint density at radius 1 is 1.03 bits per heavy atom. The fourth-order valence-electron chi connectivity index (χ4n) is 4.86. The fourth-order valence-corrected chi connectivity index (χ4v) is 4.86. The van der Waals surface area contributed by atoms with E-state index >= 15 is 0 Å². The van der Waals surface area contributed by atoms with Crippen molar-refractivity contribution in [2.45, 2.75) is 51.4 Å². The molecule has 0 spiro atoms. The van der Waals surface area contributed by atoms with Gasteiger partial charge in [0.05, 0.1) is 11.6 Å². The maximum absolute atomic E-state index is 13.6. The minimum Gasteiger partial charge on any atom is -0.481 e. The number of pyridine rings is 1. The lowest BCUT2D eigenvalue weighted by Crippen LogP contribution is -2.27. The largest absolute Gasteiger partial charge is 0.481 e. The number of anilines is 1. The molecule has 1 saturated carbocycles. The van der Waals surface area contributed by atoms with E-state index in [9.17, 15) is 9.59 Å². The number of carbonyl (C=O) groups excluding carboxylic acids is 1. The van der Waals surface area contributed by atoms with E-state index in [-0.39, 0.29) is 18.2 Å². The number of nitrogens with zero attached hydrogens (tertiary/aromatic N) is 1. The molecule has 4 rings (SSSR count). The van der Waals surface area contributed by atoms with Gasteiger partial charge in [-0.15, -0.1) is 0 Å². The number of carboxylic acid groups (broad SMARTS) is 1. The molecule has 1 aliphatic rings.